The number of carbonyl (C=O) groups is 2. The molecule has 2 heterocycles. The van der Waals surface area contributed by atoms with Gasteiger partial charge in [-0.05, 0) is 38.9 Å². The number of hydrogen-bond donors (Lipinski definition) is 3. The van der Waals surface area contributed by atoms with E-state index in [1.165, 1.54) is 0 Å². The normalized spacial score (nSPS) is 14.8. The maximum atomic E-state index is 9.10. The molecule has 2 rings (SSSR count). The van der Waals surface area contributed by atoms with Crippen LogP contribution in [0.15, 0.2) is 18.2 Å². The molecule has 110 valence electrons. The fourth-order valence-electron chi connectivity index (χ4n) is 1.67. The highest BCUT2D eigenvalue weighted by molar-refractivity contribution is 6.27. The fourth-order valence-corrected chi connectivity index (χ4v) is 1.67. The summed E-state index contributed by atoms with van der Waals surface area (Å²) in [6, 6.07) is 5.89. The molecule has 1 aromatic heterocycles. The molecule has 0 aliphatic carbocycles. The quantitative estimate of drug-likeness (QED) is 0.684. The summed E-state index contributed by atoms with van der Waals surface area (Å²) in [5.74, 6) is -2.89. The lowest BCUT2D eigenvalue weighted by atomic mass is 10.1. The van der Waals surface area contributed by atoms with Crippen molar-refractivity contribution >= 4 is 11.9 Å². The Hall–Kier alpha value is -2.15. The number of pyridine rings is 1. The van der Waals surface area contributed by atoms with Gasteiger partial charge in [-0.25, -0.2) is 14.6 Å². The number of piperidine rings is 1. The lowest BCUT2D eigenvalue weighted by molar-refractivity contribution is -0.159. The van der Waals surface area contributed by atoms with Crippen LogP contribution >= 0.6 is 0 Å². The minimum Gasteiger partial charge on any atom is -0.474 e. The minimum atomic E-state index is -1.82. The van der Waals surface area contributed by atoms with Gasteiger partial charge >= 0.3 is 11.9 Å². The standard InChI is InChI=1S/C11H16N2O.C2H2O4/c1-9-3-2-4-11(13-9)14-10-5-7-12-8-6-10;3-1(4)2(5)6/h2-4,10,12H,5-8H2,1H3;(H,3,4)(H,5,6). The molecule has 0 unspecified atom stereocenters. The number of aryl methyl sites for hydroxylation is 1. The van der Waals surface area contributed by atoms with Gasteiger partial charge in [0, 0.05) is 11.8 Å². The van der Waals surface area contributed by atoms with Gasteiger partial charge in [0.05, 0.1) is 0 Å². The first kappa shape index (κ1) is 15.9. The van der Waals surface area contributed by atoms with Gasteiger partial charge in [-0.2, -0.15) is 0 Å². The third kappa shape index (κ3) is 6.14. The van der Waals surface area contributed by atoms with Gasteiger partial charge in [0.1, 0.15) is 6.10 Å². The van der Waals surface area contributed by atoms with Gasteiger partial charge in [-0.3, -0.25) is 0 Å². The van der Waals surface area contributed by atoms with Crippen LogP contribution in [0.1, 0.15) is 18.5 Å². The minimum absolute atomic E-state index is 0.338. The molecule has 1 saturated heterocycles. The topological polar surface area (TPSA) is 109 Å². The van der Waals surface area contributed by atoms with Crippen molar-refractivity contribution in [3.8, 4) is 5.88 Å². The number of nitrogens with zero attached hydrogens (tertiary/aromatic N) is 1. The van der Waals surface area contributed by atoms with Crippen LogP contribution in [-0.2, 0) is 9.59 Å². The number of hydrogen-bond acceptors (Lipinski definition) is 5. The predicted molar refractivity (Wildman–Crippen MR) is 70.8 cm³/mol. The monoisotopic (exact) mass is 282 g/mol. The van der Waals surface area contributed by atoms with Crippen LogP contribution in [0.4, 0.5) is 0 Å². The van der Waals surface area contributed by atoms with E-state index in [1.54, 1.807) is 0 Å². The van der Waals surface area contributed by atoms with Crippen LogP contribution in [0.5, 0.6) is 5.88 Å². The number of aliphatic carboxylic acids is 2. The molecular weight excluding hydrogens is 264 g/mol. The number of rotatable bonds is 2. The average molecular weight is 282 g/mol. The average Bonchev–Trinajstić information content (AvgIpc) is 2.40. The summed E-state index contributed by atoms with van der Waals surface area (Å²) < 4.78 is 5.78. The summed E-state index contributed by atoms with van der Waals surface area (Å²) in [5.41, 5.74) is 1.01. The Kier molecular flexibility index (Phi) is 6.45. The predicted octanol–water partition coefficient (Wildman–Crippen LogP) is 0.676. The first-order valence-corrected chi connectivity index (χ1v) is 6.26. The number of nitrogens with one attached hydrogen (secondary N) is 1. The summed E-state index contributed by atoms with van der Waals surface area (Å²) in [7, 11) is 0. The van der Waals surface area contributed by atoms with E-state index in [4.69, 9.17) is 24.5 Å². The Bertz CT molecular complexity index is 446. The van der Waals surface area contributed by atoms with Gasteiger partial charge in [0.2, 0.25) is 5.88 Å². The molecule has 7 heteroatoms. The molecule has 0 bridgehead atoms. The van der Waals surface area contributed by atoms with Crippen molar-refractivity contribution in [2.75, 3.05) is 13.1 Å². The van der Waals surface area contributed by atoms with Crippen LogP contribution in [-0.4, -0.2) is 46.3 Å². The highest BCUT2D eigenvalue weighted by Gasteiger charge is 2.14. The van der Waals surface area contributed by atoms with Crippen LogP contribution < -0.4 is 10.1 Å². The number of ether oxygens (including phenoxy) is 1. The first-order valence-electron chi connectivity index (χ1n) is 6.26. The Morgan fingerprint density at radius 1 is 1.25 bits per heavy atom. The summed E-state index contributed by atoms with van der Waals surface area (Å²) >= 11 is 0. The zero-order valence-corrected chi connectivity index (χ0v) is 11.2. The van der Waals surface area contributed by atoms with Crippen molar-refractivity contribution in [1.29, 1.82) is 0 Å². The van der Waals surface area contributed by atoms with Crippen LogP contribution in [0.2, 0.25) is 0 Å². The van der Waals surface area contributed by atoms with E-state index >= 15 is 0 Å². The Balaban J connectivity index is 0.000000286. The van der Waals surface area contributed by atoms with E-state index in [2.05, 4.69) is 10.3 Å². The van der Waals surface area contributed by atoms with E-state index in [9.17, 15) is 0 Å². The molecule has 1 aliphatic rings. The van der Waals surface area contributed by atoms with Gasteiger partial charge < -0.3 is 20.3 Å². The Morgan fingerprint density at radius 2 is 1.85 bits per heavy atom. The van der Waals surface area contributed by atoms with Gasteiger partial charge in [0.25, 0.3) is 0 Å². The maximum Gasteiger partial charge on any atom is 0.414 e. The van der Waals surface area contributed by atoms with Crippen LogP contribution in [0, 0.1) is 6.92 Å². The summed E-state index contributed by atoms with van der Waals surface area (Å²) in [6.45, 7) is 4.09. The molecule has 20 heavy (non-hydrogen) atoms. The van der Waals surface area contributed by atoms with Crippen molar-refractivity contribution < 1.29 is 24.5 Å². The van der Waals surface area contributed by atoms with Crippen LogP contribution in [0.25, 0.3) is 0 Å². The second kappa shape index (κ2) is 8.11. The molecule has 3 N–H and O–H groups in total. The van der Waals surface area contributed by atoms with Crippen molar-refractivity contribution in [2.24, 2.45) is 0 Å². The molecule has 0 spiro atoms. The van der Waals surface area contributed by atoms with E-state index in [0.717, 1.165) is 37.5 Å². The summed E-state index contributed by atoms with van der Waals surface area (Å²) in [4.78, 5) is 22.5. The van der Waals surface area contributed by atoms with Crippen molar-refractivity contribution in [1.82, 2.24) is 10.3 Å². The Morgan fingerprint density at radius 3 is 2.35 bits per heavy atom. The number of aromatic nitrogens is 1. The SMILES string of the molecule is Cc1cccc(OC2CCNCC2)n1.O=C(O)C(=O)O. The maximum absolute atomic E-state index is 9.10. The smallest absolute Gasteiger partial charge is 0.414 e. The second-order valence-corrected chi connectivity index (χ2v) is 4.29. The molecule has 0 aromatic carbocycles. The third-order valence-corrected chi connectivity index (χ3v) is 2.62. The second-order valence-electron chi connectivity index (χ2n) is 4.29. The van der Waals surface area contributed by atoms with Crippen LogP contribution in [0.3, 0.4) is 0 Å². The fraction of sp³-hybridized carbons (Fsp3) is 0.462. The van der Waals surface area contributed by atoms with Gasteiger partial charge in [0.15, 0.2) is 0 Å². The highest BCUT2D eigenvalue weighted by Crippen LogP contribution is 2.13. The lowest BCUT2D eigenvalue weighted by Crippen LogP contribution is -2.34. The zero-order valence-electron chi connectivity index (χ0n) is 11.2. The molecular formula is C13H18N2O5. The molecule has 1 aliphatic heterocycles. The third-order valence-electron chi connectivity index (χ3n) is 2.62. The molecule has 0 radical (unpaired) electrons. The zero-order chi connectivity index (χ0) is 15.0. The molecule has 0 saturated carbocycles. The van der Waals surface area contributed by atoms with Gasteiger partial charge in [-0.15, -0.1) is 0 Å². The first-order chi connectivity index (χ1) is 9.49. The largest absolute Gasteiger partial charge is 0.474 e. The Labute approximate surface area is 116 Å². The van der Waals surface area contributed by atoms with Crippen molar-refractivity contribution in [2.45, 2.75) is 25.9 Å². The lowest BCUT2D eigenvalue weighted by Gasteiger charge is -2.23. The van der Waals surface area contributed by atoms with Crippen molar-refractivity contribution in [3.05, 3.63) is 23.9 Å². The molecule has 1 fully saturated rings. The molecule has 7 nitrogen and oxygen atoms in total. The van der Waals surface area contributed by atoms with Crippen molar-refractivity contribution in [3.63, 3.8) is 0 Å². The summed E-state index contributed by atoms with van der Waals surface area (Å²) in [5, 5.41) is 18.1. The van der Waals surface area contributed by atoms with E-state index in [1.807, 2.05) is 25.1 Å². The summed E-state index contributed by atoms with van der Waals surface area (Å²) in [6.07, 6.45) is 2.50. The van der Waals surface area contributed by atoms with E-state index in [0.29, 0.717) is 6.10 Å². The van der Waals surface area contributed by atoms with Gasteiger partial charge in [-0.1, -0.05) is 6.07 Å². The molecule has 1 aromatic rings. The highest BCUT2D eigenvalue weighted by atomic mass is 16.5. The number of carboxylic acids is 2. The van der Waals surface area contributed by atoms with E-state index < -0.39 is 11.9 Å². The van der Waals surface area contributed by atoms with E-state index in [-0.39, 0.29) is 0 Å². The molecule has 0 amide bonds. The number of carboxylic acid groups (broad SMARTS) is 2. The molecule has 0 atom stereocenters.